The normalized spacial score (nSPS) is 44.0. The Morgan fingerprint density at radius 3 is 2.83 bits per heavy atom. The number of aromatic amines is 1. The van der Waals surface area contributed by atoms with E-state index >= 15 is 0 Å². The van der Waals surface area contributed by atoms with Crippen molar-refractivity contribution in [1.29, 1.82) is 0 Å². The van der Waals surface area contributed by atoms with Gasteiger partial charge in [0.05, 0.1) is 5.69 Å². The molecule has 1 aromatic rings. The van der Waals surface area contributed by atoms with Gasteiger partial charge in [0, 0.05) is 23.4 Å². The number of nitrogens with one attached hydrogen (secondary N) is 1. The van der Waals surface area contributed by atoms with Gasteiger partial charge in [-0.1, -0.05) is 19.9 Å². The molecule has 3 heteroatoms. The maximum atomic E-state index is 12.5. The minimum Gasteiger partial charge on any atom is -0.358 e. The van der Waals surface area contributed by atoms with Crippen molar-refractivity contribution in [3.8, 4) is 0 Å². The van der Waals surface area contributed by atoms with E-state index in [4.69, 9.17) is 0 Å². The molecule has 5 rings (SSSR count). The average molecular weight is 309 g/mol. The van der Waals surface area contributed by atoms with Crippen LogP contribution in [0.15, 0.2) is 18.3 Å². The number of carbonyl (C=O) groups excluding carboxylic acids is 2. The van der Waals surface area contributed by atoms with Crippen molar-refractivity contribution < 1.29 is 9.59 Å². The molecule has 4 aliphatic carbocycles. The summed E-state index contributed by atoms with van der Waals surface area (Å²) < 4.78 is 0. The number of fused-ring (bicyclic) bond motifs is 4. The van der Waals surface area contributed by atoms with Crippen LogP contribution in [0.3, 0.4) is 0 Å². The molecule has 0 bridgehead atoms. The topological polar surface area (TPSA) is 49.9 Å². The summed E-state index contributed by atoms with van der Waals surface area (Å²) in [6, 6.07) is 0. The van der Waals surface area contributed by atoms with Crippen molar-refractivity contribution in [1.82, 2.24) is 4.98 Å². The van der Waals surface area contributed by atoms with E-state index in [0.717, 1.165) is 37.8 Å². The van der Waals surface area contributed by atoms with Crippen LogP contribution in [0.25, 0.3) is 0 Å². The molecule has 5 atom stereocenters. The molecule has 2 fully saturated rings. The summed E-state index contributed by atoms with van der Waals surface area (Å²) in [4.78, 5) is 27.9. The molecular formula is C20H23NO2. The summed E-state index contributed by atoms with van der Waals surface area (Å²) in [5.74, 6) is 2.24. The summed E-state index contributed by atoms with van der Waals surface area (Å²) in [7, 11) is 0. The van der Waals surface area contributed by atoms with Crippen molar-refractivity contribution in [3.63, 3.8) is 0 Å². The number of hydrogen-bond donors (Lipinski definition) is 1. The molecule has 23 heavy (non-hydrogen) atoms. The van der Waals surface area contributed by atoms with Gasteiger partial charge in [0.25, 0.3) is 0 Å². The Balaban J connectivity index is 1.67. The monoisotopic (exact) mass is 309 g/mol. The van der Waals surface area contributed by atoms with Crippen LogP contribution in [0.4, 0.5) is 0 Å². The van der Waals surface area contributed by atoms with E-state index in [1.807, 2.05) is 6.20 Å². The molecule has 0 spiro atoms. The number of hydrogen-bond acceptors (Lipinski definition) is 2. The van der Waals surface area contributed by atoms with E-state index in [0.29, 0.717) is 23.5 Å². The summed E-state index contributed by atoms with van der Waals surface area (Å²) in [6.07, 6.45) is 10.9. The fourth-order valence-corrected chi connectivity index (χ4v) is 6.50. The number of aromatic nitrogens is 1. The van der Waals surface area contributed by atoms with Gasteiger partial charge in [0.1, 0.15) is 5.78 Å². The third kappa shape index (κ3) is 1.47. The van der Waals surface area contributed by atoms with Crippen molar-refractivity contribution in [2.45, 2.75) is 51.4 Å². The Bertz CT molecular complexity index is 773. The average Bonchev–Trinajstić information content (AvgIpc) is 3.08. The Morgan fingerprint density at radius 2 is 2.00 bits per heavy atom. The third-order valence-corrected chi connectivity index (χ3v) is 7.70. The first-order chi connectivity index (χ1) is 10.9. The molecule has 0 amide bonds. The van der Waals surface area contributed by atoms with E-state index in [2.05, 4.69) is 24.9 Å². The smallest absolute Gasteiger partial charge is 0.202 e. The number of carbonyl (C=O) groups is 2. The van der Waals surface area contributed by atoms with Crippen molar-refractivity contribution in [2.75, 3.05) is 0 Å². The van der Waals surface area contributed by atoms with Crippen LogP contribution in [0.1, 0.15) is 61.1 Å². The zero-order valence-corrected chi connectivity index (χ0v) is 13.8. The maximum Gasteiger partial charge on any atom is 0.202 e. The highest BCUT2D eigenvalue weighted by Crippen LogP contribution is 2.62. The van der Waals surface area contributed by atoms with Gasteiger partial charge in [-0.25, -0.2) is 0 Å². The lowest BCUT2D eigenvalue weighted by atomic mass is 9.49. The van der Waals surface area contributed by atoms with Crippen LogP contribution in [0, 0.1) is 23.2 Å². The quantitative estimate of drug-likeness (QED) is 0.796. The van der Waals surface area contributed by atoms with E-state index in [9.17, 15) is 9.59 Å². The molecule has 1 N–H and O–H groups in total. The predicted molar refractivity (Wildman–Crippen MR) is 87.4 cm³/mol. The molecule has 0 aliphatic heterocycles. The highest BCUT2D eigenvalue weighted by molar-refractivity contribution is 6.06. The highest BCUT2D eigenvalue weighted by Gasteiger charge is 2.59. The SMILES string of the molecule is C[C@]12C=CC(=O)c3[nH]cc(c31)C[C@@H]1[C@@H]2CC[C@]2(C)C(=O)CC[C@@H]12. The molecule has 1 aromatic heterocycles. The van der Waals surface area contributed by atoms with Crippen LogP contribution < -0.4 is 0 Å². The summed E-state index contributed by atoms with van der Waals surface area (Å²) in [6.45, 7) is 4.52. The number of rotatable bonds is 0. The lowest BCUT2D eigenvalue weighted by Crippen LogP contribution is -2.51. The van der Waals surface area contributed by atoms with Gasteiger partial charge in [-0.2, -0.15) is 0 Å². The van der Waals surface area contributed by atoms with Gasteiger partial charge >= 0.3 is 0 Å². The Morgan fingerprint density at radius 1 is 1.17 bits per heavy atom. The predicted octanol–water partition coefficient (Wildman–Crippen LogP) is 3.59. The van der Waals surface area contributed by atoms with Gasteiger partial charge < -0.3 is 4.98 Å². The lowest BCUT2D eigenvalue weighted by Gasteiger charge is -2.54. The van der Waals surface area contributed by atoms with Crippen molar-refractivity contribution >= 4 is 11.6 Å². The molecule has 120 valence electrons. The number of ketones is 2. The van der Waals surface area contributed by atoms with Crippen molar-refractivity contribution in [2.24, 2.45) is 23.2 Å². The Hall–Kier alpha value is -1.64. The van der Waals surface area contributed by atoms with Gasteiger partial charge in [0.15, 0.2) is 0 Å². The van der Waals surface area contributed by atoms with Crippen molar-refractivity contribution in [3.05, 3.63) is 35.2 Å². The van der Waals surface area contributed by atoms with Crippen LogP contribution in [-0.4, -0.2) is 16.6 Å². The Labute approximate surface area is 136 Å². The summed E-state index contributed by atoms with van der Waals surface area (Å²) >= 11 is 0. The lowest BCUT2D eigenvalue weighted by molar-refractivity contribution is -0.130. The van der Waals surface area contributed by atoms with Crippen LogP contribution in [-0.2, 0) is 16.6 Å². The number of H-pyrrole nitrogens is 1. The minimum atomic E-state index is -0.0949. The van der Waals surface area contributed by atoms with Gasteiger partial charge in [-0.3, -0.25) is 9.59 Å². The maximum absolute atomic E-state index is 12.5. The van der Waals surface area contributed by atoms with Gasteiger partial charge in [-0.15, -0.1) is 0 Å². The van der Waals surface area contributed by atoms with E-state index in [1.54, 1.807) is 6.08 Å². The second kappa shape index (κ2) is 4.06. The van der Waals surface area contributed by atoms with Gasteiger partial charge in [0.2, 0.25) is 5.78 Å². The fraction of sp³-hybridized carbons (Fsp3) is 0.600. The molecule has 2 saturated carbocycles. The third-order valence-electron chi connectivity index (χ3n) is 7.70. The zero-order valence-electron chi connectivity index (χ0n) is 13.8. The number of Topliss-reactive ketones (excluding diaryl/α,β-unsaturated/α-hetero) is 1. The van der Waals surface area contributed by atoms with E-state index < -0.39 is 0 Å². The van der Waals surface area contributed by atoms with E-state index in [1.165, 1.54) is 11.1 Å². The summed E-state index contributed by atoms with van der Waals surface area (Å²) in [5, 5.41) is 0. The molecule has 0 radical (unpaired) electrons. The summed E-state index contributed by atoms with van der Waals surface area (Å²) in [5.41, 5.74) is 3.22. The molecule has 1 heterocycles. The first-order valence-electron chi connectivity index (χ1n) is 8.93. The molecule has 3 nitrogen and oxygen atoms in total. The van der Waals surface area contributed by atoms with Gasteiger partial charge in [-0.05, 0) is 60.6 Å². The van der Waals surface area contributed by atoms with Crippen LogP contribution in [0.5, 0.6) is 0 Å². The second-order valence-electron chi connectivity index (χ2n) is 8.54. The van der Waals surface area contributed by atoms with E-state index in [-0.39, 0.29) is 16.6 Å². The highest BCUT2D eigenvalue weighted by atomic mass is 16.1. The minimum absolute atomic E-state index is 0.0472. The molecule has 0 aromatic carbocycles. The molecular weight excluding hydrogens is 286 g/mol. The van der Waals surface area contributed by atoms with Crippen LogP contribution >= 0.6 is 0 Å². The molecule has 0 saturated heterocycles. The largest absolute Gasteiger partial charge is 0.358 e. The Kier molecular flexibility index (Phi) is 2.43. The first kappa shape index (κ1) is 13.8. The first-order valence-corrected chi connectivity index (χ1v) is 8.93. The zero-order chi connectivity index (χ0) is 16.0. The molecule has 0 unspecified atom stereocenters. The van der Waals surface area contributed by atoms with Crippen LogP contribution in [0.2, 0.25) is 0 Å². The standard InChI is InChI=1S/C20H23NO2/c1-19-7-5-14-12(13(19)3-4-16(19)23)9-11-10-21-18-15(22)6-8-20(14,2)17(11)18/h6,8,10,12-14,21H,3-5,7,9H2,1-2H3/t12-,13-,14-,19-,20+/m0/s1. The fourth-order valence-electron chi connectivity index (χ4n) is 6.50. The second-order valence-corrected chi connectivity index (χ2v) is 8.54. The number of allylic oxidation sites excluding steroid dienone is 2. The molecule has 4 aliphatic rings.